The molecule has 3 rings (SSSR count). The van der Waals surface area contributed by atoms with Gasteiger partial charge in [-0.25, -0.2) is 4.79 Å². The summed E-state index contributed by atoms with van der Waals surface area (Å²) in [7, 11) is 0. The Bertz CT molecular complexity index is 608. The van der Waals surface area contributed by atoms with Crippen LogP contribution < -0.4 is 5.32 Å². The second-order valence-corrected chi connectivity index (χ2v) is 7.23. The van der Waals surface area contributed by atoms with Crippen LogP contribution in [0.4, 0.5) is 13.2 Å². The molecule has 2 fully saturated rings. The fraction of sp³-hybridized carbons (Fsp3) is 0.706. The zero-order valence-electron chi connectivity index (χ0n) is 14.7. The second-order valence-electron chi connectivity index (χ2n) is 7.23. The van der Waals surface area contributed by atoms with Crippen molar-refractivity contribution in [2.75, 3.05) is 19.6 Å². The maximum absolute atomic E-state index is 12.4. The summed E-state index contributed by atoms with van der Waals surface area (Å²) in [6, 6.07) is 0.109. The minimum absolute atomic E-state index is 0.109. The van der Waals surface area contributed by atoms with E-state index >= 15 is 0 Å². The third kappa shape index (κ3) is 5.69. The molecular weight excluding hydrogens is 369 g/mol. The van der Waals surface area contributed by atoms with Gasteiger partial charge in [0.05, 0.1) is 0 Å². The van der Waals surface area contributed by atoms with Gasteiger partial charge in [0.1, 0.15) is 0 Å². The zero-order valence-corrected chi connectivity index (χ0v) is 14.7. The van der Waals surface area contributed by atoms with Crippen LogP contribution >= 0.6 is 0 Å². The van der Waals surface area contributed by atoms with Gasteiger partial charge in [0.15, 0.2) is 5.41 Å². The molecule has 152 valence electrons. The largest absolute Gasteiger partial charge is 0.490 e. The first-order valence-corrected chi connectivity index (χ1v) is 8.76. The van der Waals surface area contributed by atoms with E-state index in [9.17, 15) is 27.9 Å². The molecule has 0 bridgehead atoms. The number of nitrogens with zero attached hydrogens (tertiary/aromatic N) is 1. The lowest BCUT2D eigenvalue weighted by Gasteiger charge is -2.25. The molecule has 1 saturated heterocycles. The molecule has 0 radical (unpaired) electrons. The summed E-state index contributed by atoms with van der Waals surface area (Å²) < 4.78 is 31.7. The van der Waals surface area contributed by atoms with E-state index in [4.69, 9.17) is 9.90 Å². The van der Waals surface area contributed by atoms with Crippen molar-refractivity contribution in [3.05, 3.63) is 12.2 Å². The van der Waals surface area contributed by atoms with Gasteiger partial charge in [-0.15, -0.1) is 0 Å². The molecule has 3 N–H and O–H groups in total. The molecule has 0 aromatic rings. The van der Waals surface area contributed by atoms with Crippen LogP contribution in [0, 0.1) is 11.3 Å². The van der Waals surface area contributed by atoms with Crippen LogP contribution in [0.1, 0.15) is 32.1 Å². The van der Waals surface area contributed by atoms with Crippen LogP contribution in [0.25, 0.3) is 0 Å². The molecule has 1 heterocycles. The first-order valence-electron chi connectivity index (χ1n) is 8.76. The van der Waals surface area contributed by atoms with E-state index in [1.165, 1.54) is 12.8 Å². The maximum Gasteiger partial charge on any atom is 0.490 e. The highest BCUT2D eigenvalue weighted by Crippen LogP contribution is 2.34. The molecule has 1 atom stereocenters. The van der Waals surface area contributed by atoms with Gasteiger partial charge >= 0.3 is 18.1 Å². The fourth-order valence-electron chi connectivity index (χ4n) is 3.21. The first-order chi connectivity index (χ1) is 12.5. The lowest BCUT2D eigenvalue weighted by molar-refractivity contribution is -0.192. The molecule has 3 aliphatic rings. The number of allylic oxidation sites excluding steroid dienone is 2. The molecule has 7 nitrogen and oxygen atoms in total. The smallest absolute Gasteiger partial charge is 0.480 e. The molecule has 0 aromatic carbocycles. The van der Waals surface area contributed by atoms with Crippen molar-refractivity contribution in [1.82, 2.24) is 10.2 Å². The fourth-order valence-corrected chi connectivity index (χ4v) is 3.21. The maximum atomic E-state index is 12.4. The molecule has 1 aliphatic heterocycles. The highest BCUT2D eigenvalue weighted by Gasteiger charge is 2.47. The summed E-state index contributed by atoms with van der Waals surface area (Å²) in [4.78, 5) is 35.1. The van der Waals surface area contributed by atoms with Crippen LogP contribution in [0.2, 0.25) is 0 Å². The summed E-state index contributed by atoms with van der Waals surface area (Å²) in [6.07, 6.45) is 2.73. The minimum Gasteiger partial charge on any atom is -0.480 e. The van der Waals surface area contributed by atoms with Gasteiger partial charge in [0, 0.05) is 25.7 Å². The Kier molecular flexibility index (Phi) is 6.50. The SMILES string of the molecule is O=C(O)C(F)(F)F.O=C(O)C1(C(=O)NC2CCN(CC3CC3)C2)CC=CC1. The lowest BCUT2D eigenvalue weighted by Crippen LogP contribution is -2.49. The molecule has 0 aromatic heterocycles. The molecule has 1 saturated carbocycles. The monoisotopic (exact) mass is 392 g/mol. The molecule has 1 unspecified atom stereocenters. The van der Waals surface area contributed by atoms with Gasteiger partial charge in [-0.05, 0) is 38.0 Å². The number of rotatable bonds is 5. The third-order valence-corrected chi connectivity index (χ3v) is 5.01. The standard InChI is InChI=1S/C15H22N2O3.C2HF3O2/c18-13(15(14(19)20)6-1-2-7-15)16-12-5-8-17(10-12)9-11-3-4-11;3-2(4,5)1(6)7/h1-2,11-12H,3-10H2,(H,16,18)(H,19,20);(H,6,7). The highest BCUT2D eigenvalue weighted by molar-refractivity contribution is 6.02. The average molecular weight is 392 g/mol. The van der Waals surface area contributed by atoms with E-state index in [0.29, 0.717) is 12.8 Å². The van der Waals surface area contributed by atoms with E-state index in [0.717, 1.165) is 32.0 Å². The quantitative estimate of drug-likeness (QED) is 0.485. The predicted octanol–water partition coefficient (Wildman–Crippen LogP) is 1.64. The van der Waals surface area contributed by atoms with E-state index in [2.05, 4.69) is 10.2 Å². The third-order valence-electron chi connectivity index (χ3n) is 5.01. The minimum atomic E-state index is -5.08. The Morgan fingerprint density at radius 2 is 1.67 bits per heavy atom. The van der Waals surface area contributed by atoms with Crippen LogP contribution in [-0.4, -0.2) is 64.8 Å². The van der Waals surface area contributed by atoms with Gasteiger partial charge in [0.25, 0.3) is 0 Å². The number of nitrogens with one attached hydrogen (secondary N) is 1. The first kappa shape index (κ1) is 21.2. The van der Waals surface area contributed by atoms with Crippen molar-refractivity contribution < 1.29 is 37.8 Å². The number of hydrogen-bond donors (Lipinski definition) is 3. The summed E-state index contributed by atoms with van der Waals surface area (Å²) in [6.45, 7) is 3.02. The van der Waals surface area contributed by atoms with Gasteiger partial charge in [0.2, 0.25) is 5.91 Å². The number of amides is 1. The highest BCUT2D eigenvalue weighted by atomic mass is 19.4. The van der Waals surface area contributed by atoms with Crippen molar-refractivity contribution >= 4 is 17.8 Å². The van der Waals surface area contributed by atoms with E-state index < -0.39 is 23.5 Å². The Morgan fingerprint density at radius 1 is 1.11 bits per heavy atom. The van der Waals surface area contributed by atoms with Gasteiger partial charge < -0.3 is 20.4 Å². The molecule has 27 heavy (non-hydrogen) atoms. The number of carboxylic acids is 2. The van der Waals surface area contributed by atoms with Crippen LogP contribution in [0.3, 0.4) is 0 Å². The Balaban J connectivity index is 0.000000321. The summed E-state index contributed by atoms with van der Waals surface area (Å²) in [5.41, 5.74) is -1.26. The van der Waals surface area contributed by atoms with Gasteiger partial charge in [-0.3, -0.25) is 9.59 Å². The van der Waals surface area contributed by atoms with Crippen LogP contribution in [0.5, 0.6) is 0 Å². The Morgan fingerprint density at radius 3 is 2.11 bits per heavy atom. The summed E-state index contributed by atoms with van der Waals surface area (Å²) in [5.74, 6) is -3.22. The van der Waals surface area contributed by atoms with Crippen molar-refractivity contribution in [2.24, 2.45) is 11.3 Å². The van der Waals surface area contributed by atoms with Crippen molar-refractivity contribution in [1.29, 1.82) is 0 Å². The number of carbonyl (C=O) groups is 3. The lowest BCUT2D eigenvalue weighted by atomic mass is 9.84. The Labute approximate surface area is 154 Å². The van der Waals surface area contributed by atoms with Crippen molar-refractivity contribution in [2.45, 2.75) is 44.3 Å². The summed E-state index contributed by atoms with van der Waals surface area (Å²) in [5, 5.41) is 19.5. The van der Waals surface area contributed by atoms with Gasteiger partial charge in [-0.1, -0.05) is 12.2 Å². The van der Waals surface area contributed by atoms with Crippen molar-refractivity contribution in [3.8, 4) is 0 Å². The molecule has 2 aliphatic carbocycles. The Hall–Kier alpha value is -2.10. The number of carbonyl (C=O) groups excluding carboxylic acids is 1. The van der Waals surface area contributed by atoms with E-state index in [1.54, 1.807) is 12.2 Å². The predicted molar refractivity (Wildman–Crippen MR) is 87.8 cm³/mol. The number of carboxylic acid groups (broad SMARTS) is 2. The zero-order chi connectivity index (χ0) is 20.2. The number of halogens is 3. The molecule has 10 heteroatoms. The number of likely N-dealkylation sites (tertiary alicyclic amines) is 1. The average Bonchev–Trinajstić information content (AvgIpc) is 3.06. The molecular formula is C17H23F3N2O5. The van der Waals surface area contributed by atoms with Crippen LogP contribution in [-0.2, 0) is 14.4 Å². The van der Waals surface area contributed by atoms with Crippen LogP contribution in [0.15, 0.2) is 12.2 Å². The van der Waals surface area contributed by atoms with Gasteiger partial charge in [-0.2, -0.15) is 13.2 Å². The number of alkyl halides is 3. The van der Waals surface area contributed by atoms with E-state index in [-0.39, 0.29) is 11.9 Å². The topological polar surface area (TPSA) is 107 Å². The molecule has 1 amide bonds. The van der Waals surface area contributed by atoms with E-state index in [1.807, 2.05) is 0 Å². The number of aliphatic carboxylic acids is 2. The summed E-state index contributed by atoms with van der Waals surface area (Å²) >= 11 is 0. The molecule has 0 spiro atoms. The second kappa shape index (κ2) is 8.28. The van der Waals surface area contributed by atoms with Crippen molar-refractivity contribution in [3.63, 3.8) is 0 Å². The number of hydrogen-bond acceptors (Lipinski definition) is 4. The normalized spacial score (nSPS) is 24.2.